The van der Waals surface area contributed by atoms with Gasteiger partial charge in [0, 0.05) is 36.6 Å². The normalized spacial score (nSPS) is 34.2. The maximum atomic E-state index is 13.2. The first kappa shape index (κ1) is 54.9. The Kier molecular flexibility index (Phi) is 26.3. The third-order valence-electron chi connectivity index (χ3n) is 13.3. The van der Waals surface area contributed by atoms with Crippen LogP contribution in [0.2, 0.25) is 0 Å². The van der Waals surface area contributed by atoms with Gasteiger partial charge in [0.25, 0.3) is 0 Å². The number of unbranched alkanes of at least 4 members (excludes halogenated alkanes) is 14. The molecular formula is C49H87NO11. The molecule has 3 aliphatic heterocycles. The van der Waals surface area contributed by atoms with E-state index in [1.54, 1.807) is 19.1 Å². The second-order valence-electron chi connectivity index (χ2n) is 18.9. The van der Waals surface area contributed by atoms with Gasteiger partial charge in [-0.15, -0.1) is 0 Å². The third kappa shape index (κ3) is 20.0. The Labute approximate surface area is 369 Å². The van der Waals surface area contributed by atoms with Crippen LogP contribution in [0.25, 0.3) is 0 Å². The maximum Gasteiger partial charge on any atom is 0.308 e. The van der Waals surface area contributed by atoms with Gasteiger partial charge in [-0.05, 0) is 71.7 Å². The number of carboxylic acids is 1. The summed E-state index contributed by atoms with van der Waals surface area (Å²) in [6.07, 6.45) is 20.8. The summed E-state index contributed by atoms with van der Waals surface area (Å²) in [6, 6.07) is -0.219. The highest BCUT2D eigenvalue weighted by atomic mass is 16.7. The van der Waals surface area contributed by atoms with E-state index in [0.29, 0.717) is 25.7 Å². The van der Waals surface area contributed by atoms with Crippen molar-refractivity contribution in [2.45, 2.75) is 238 Å². The molecule has 0 aromatic heterocycles. The summed E-state index contributed by atoms with van der Waals surface area (Å²) in [4.78, 5) is 50.3. The van der Waals surface area contributed by atoms with Crippen LogP contribution in [0, 0.1) is 23.7 Å². The highest BCUT2D eigenvalue weighted by molar-refractivity contribution is 5.91. The molecule has 3 N–H and O–H groups in total. The number of carbonyl (C=O) groups excluding carboxylic acids is 3. The molecule has 0 spiro atoms. The highest BCUT2D eigenvalue weighted by Gasteiger charge is 2.55. The van der Waals surface area contributed by atoms with Gasteiger partial charge in [0.1, 0.15) is 24.1 Å². The summed E-state index contributed by atoms with van der Waals surface area (Å²) in [7, 11) is 3.76. The third-order valence-corrected chi connectivity index (χ3v) is 13.3. The van der Waals surface area contributed by atoms with Crippen molar-refractivity contribution in [1.82, 2.24) is 4.90 Å². The maximum absolute atomic E-state index is 13.2. The van der Waals surface area contributed by atoms with Gasteiger partial charge in [-0.1, -0.05) is 125 Å². The van der Waals surface area contributed by atoms with Crippen molar-refractivity contribution in [1.29, 1.82) is 0 Å². The van der Waals surface area contributed by atoms with E-state index in [0.717, 1.165) is 19.1 Å². The summed E-state index contributed by atoms with van der Waals surface area (Å²) in [5.74, 6) is -2.97. The molecule has 354 valence electrons. The number of aliphatic hydroxyl groups is 2. The van der Waals surface area contributed by atoms with Crippen LogP contribution in [-0.2, 0) is 38.1 Å². The molecule has 3 rings (SSSR count). The lowest BCUT2D eigenvalue weighted by Crippen LogP contribution is -2.56. The lowest BCUT2D eigenvalue weighted by Gasteiger charge is -2.44. The van der Waals surface area contributed by atoms with Crippen LogP contribution in [0.3, 0.4) is 0 Å². The van der Waals surface area contributed by atoms with E-state index < -0.39 is 66.0 Å². The molecule has 3 heterocycles. The van der Waals surface area contributed by atoms with Crippen LogP contribution in [0.15, 0.2) is 12.2 Å². The van der Waals surface area contributed by atoms with Gasteiger partial charge in [-0.25, -0.2) is 0 Å². The average molecular weight is 866 g/mol. The highest BCUT2D eigenvalue weighted by Crippen LogP contribution is 2.45. The quantitative estimate of drug-likeness (QED) is 0.0409. The second kappa shape index (κ2) is 29.3. The molecule has 12 nitrogen and oxygen atoms in total. The molecule has 0 aromatic carbocycles. The zero-order valence-electron chi connectivity index (χ0n) is 39.6. The average Bonchev–Trinajstić information content (AvgIpc) is 3.90. The molecule has 61 heavy (non-hydrogen) atoms. The number of hydrogen-bond acceptors (Lipinski definition) is 11. The monoisotopic (exact) mass is 866 g/mol. The van der Waals surface area contributed by atoms with Gasteiger partial charge in [0.15, 0.2) is 12.1 Å². The van der Waals surface area contributed by atoms with Crippen molar-refractivity contribution >= 4 is 24.0 Å². The van der Waals surface area contributed by atoms with E-state index >= 15 is 0 Å². The number of allylic oxidation sites excluding steroid dienone is 1. The summed E-state index contributed by atoms with van der Waals surface area (Å²) in [6.45, 7) is 13.5. The number of carboxylic acid groups (broad SMARTS) is 1. The van der Waals surface area contributed by atoms with E-state index in [1.165, 1.54) is 83.5 Å². The molecule has 0 aliphatic carbocycles. The zero-order valence-corrected chi connectivity index (χ0v) is 39.6. The Morgan fingerprint density at radius 3 is 1.93 bits per heavy atom. The lowest BCUT2D eigenvalue weighted by molar-refractivity contribution is -0.283. The molecule has 12 heteroatoms. The fraction of sp³-hybridized carbons (Fsp3) is 0.878. The second-order valence-corrected chi connectivity index (χ2v) is 18.9. The van der Waals surface area contributed by atoms with Crippen molar-refractivity contribution in [3.05, 3.63) is 12.2 Å². The molecule has 2 saturated heterocycles. The Hall–Kier alpha value is -2.22. The number of aliphatic carboxylic acids is 1. The first-order chi connectivity index (χ1) is 29.0. The number of cyclic esters (lactones) is 1. The smallest absolute Gasteiger partial charge is 0.308 e. The fourth-order valence-electron chi connectivity index (χ4n) is 9.14. The number of aliphatic hydroxyl groups excluding tert-OH is 2. The molecule has 0 amide bonds. The topological polar surface area (TPSA) is 172 Å². The number of rotatable bonds is 22. The van der Waals surface area contributed by atoms with Crippen molar-refractivity contribution in [3.8, 4) is 0 Å². The van der Waals surface area contributed by atoms with Crippen LogP contribution in [0.5, 0.6) is 0 Å². The lowest BCUT2D eigenvalue weighted by atomic mass is 9.79. The summed E-state index contributed by atoms with van der Waals surface area (Å²) in [5, 5.41) is 30.9. The van der Waals surface area contributed by atoms with Crippen molar-refractivity contribution in [3.63, 3.8) is 0 Å². The number of carbonyl (C=O) groups is 4. The molecule has 0 aromatic rings. The molecule has 2 fully saturated rings. The predicted octanol–water partition coefficient (Wildman–Crippen LogP) is 9.00. The number of esters is 1. The summed E-state index contributed by atoms with van der Waals surface area (Å²) < 4.78 is 24.2. The van der Waals surface area contributed by atoms with Gasteiger partial charge in [0.05, 0.1) is 30.8 Å². The van der Waals surface area contributed by atoms with E-state index in [-0.39, 0.29) is 42.8 Å². The van der Waals surface area contributed by atoms with Gasteiger partial charge in [-0.2, -0.15) is 0 Å². The van der Waals surface area contributed by atoms with Crippen molar-refractivity contribution < 1.29 is 53.4 Å². The van der Waals surface area contributed by atoms with E-state index in [4.69, 9.17) is 24.1 Å². The Balaban J connectivity index is 0.000000540. The number of aldehydes is 1. The van der Waals surface area contributed by atoms with Crippen molar-refractivity contribution in [2.75, 3.05) is 14.1 Å². The largest absolute Gasteiger partial charge is 0.481 e. The minimum Gasteiger partial charge on any atom is -0.481 e. The number of ether oxygens (including phenoxy) is 4. The Morgan fingerprint density at radius 2 is 1.43 bits per heavy atom. The van der Waals surface area contributed by atoms with Crippen LogP contribution in [0.1, 0.15) is 183 Å². The van der Waals surface area contributed by atoms with Gasteiger partial charge in [-0.3, -0.25) is 14.4 Å². The summed E-state index contributed by atoms with van der Waals surface area (Å²) in [5.41, 5.74) is -0.637. The first-order valence-electron chi connectivity index (χ1n) is 24.1. The van der Waals surface area contributed by atoms with Crippen LogP contribution >= 0.6 is 0 Å². The van der Waals surface area contributed by atoms with Gasteiger partial charge >= 0.3 is 11.9 Å². The number of likely N-dealkylation sites (N-methyl/N-ethyl adjacent to an activating group) is 1. The standard InChI is InChI=1S/C31H51NO9.C18H36O2/c1-9-25-20(5)29-31(6,41-29)12-10-23(34)17(2)14-21(11-13-33)28(19(4)24(35)16-26(36)39-25)40-30-27(37)22(32(7)8)15-18(3)38-30;1-2-3-4-5-6-7-8-9-10-11-12-13-14-15-16-17-18(19)20/h10,12-13,17-22,24-25,27-30,35,37H,9,11,14-16H2,1-8H3;2-17H2,1H3,(H,19,20)/b12-10+;. The first-order valence-corrected chi connectivity index (χ1v) is 24.1. The molecular weight excluding hydrogens is 779 g/mol. The minimum atomic E-state index is -1.15. The molecule has 13 atom stereocenters. The van der Waals surface area contributed by atoms with Crippen LogP contribution in [0.4, 0.5) is 0 Å². The Morgan fingerprint density at radius 1 is 0.869 bits per heavy atom. The van der Waals surface area contributed by atoms with Crippen molar-refractivity contribution in [2.24, 2.45) is 23.7 Å². The van der Waals surface area contributed by atoms with E-state index in [1.807, 2.05) is 53.6 Å². The molecule has 0 saturated carbocycles. The van der Waals surface area contributed by atoms with Gasteiger partial charge in [0.2, 0.25) is 0 Å². The van der Waals surface area contributed by atoms with Crippen LogP contribution in [-0.4, -0.2) is 113 Å². The number of nitrogens with zero attached hydrogens (tertiary/aromatic N) is 1. The van der Waals surface area contributed by atoms with Crippen LogP contribution < -0.4 is 0 Å². The SMILES string of the molecule is CCC1OC(=O)CC(O)C(C)C(OC2OC(C)CC(N(C)C)C2O)C(CC=O)CC(C)C(=O)/C=C/C2(C)OC2C1C.CCCCCCCCCCCCCCCCCC(=O)O. The van der Waals surface area contributed by atoms with Gasteiger partial charge < -0.3 is 44.0 Å². The van der Waals surface area contributed by atoms with E-state index in [2.05, 4.69) is 6.92 Å². The molecule has 13 unspecified atom stereocenters. The molecule has 3 aliphatic rings. The number of ketones is 1. The predicted molar refractivity (Wildman–Crippen MR) is 239 cm³/mol. The number of fused-ring (bicyclic) bond motifs is 1. The summed E-state index contributed by atoms with van der Waals surface area (Å²) >= 11 is 0. The molecule has 0 radical (unpaired) electrons. The number of hydrogen-bond donors (Lipinski definition) is 3. The zero-order chi connectivity index (χ0) is 45.5. The molecule has 0 bridgehead atoms. The Bertz CT molecular complexity index is 1290. The minimum absolute atomic E-state index is 0.0707. The number of epoxide rings is 1. The fourth-order valence-corrected chi connectivity index (χ4v) is 9.14. The van der Waals surface area contributed by atoms with E-state index in [9.17, 15) is 29.4 Å².